The molecule has 4 rings (SSSR count). The minimum absolute atomic E-state index is 0.0635. The Labute approximate surface area is 449 Å². The Kier molecular flexibility index (Phi) is 25.9. The van der Waals surface area contributed by atoms with E-state index in [9.17, 15) is 29.4 Å². The van der Waals surface area contributed by atoms with Gasteiger partial charge in [0.05, 0.1) is 75.1 Å². The zero-order chi connectivity index (χ0) is 54.3. The summed E-state index contributed by atoms with van der Waals surface area (Å²) in [5.41, 5.74) is 4.51. The predicted molar refractivity (Wildman–Crippen MR) is 289 cm³/mol. The molecule has 388 valence electrons. The van der Waals surface area contributed by atoms with E-state index >= 15 is 0 Å². The highest BCUT2D eigenvalue weighted by Gasteiger charge is 2.31. The minimum atomic E-state index is -0.651. The van der Waals surface area contributed by atoms with E-state index in [0.29, 0.717) is 33.4 Å². The second-order valence-corrected chi connectivity index (χ2v) is 23.8. The molecule has 0 bridgehead atoms. The molecule has 2 N–H and O–H groups in total. The largest absolute Gasteiger partial charge is 0.465 e. The predicted octanol–water partition coefficient (Wildman–Crippen LogP) is 14.6. The highest BCUT2D eigenvalue weighted by molar-refractivity contribution is 9.11. The number of carbonyl (C=O) groups is 4. The second kappa shape index (κ2) is 28.1. The first-order valence-corrected chi connectivity index (χ1v) is 25.3. The van der Waals surface area contributed by atoms with Crippen LogP contribution in [0.4, 0.5) is 0 Å². The van der Waals surface area contributed by atoms with Crippen LogP contribution in [-0.4, -0.2) is 76.7 Å². The first kappa shape index (κ1) is 64.5. The van der Waals surface area contributed by atoms with E-state index in [0.717, 1.165) is 29.0 Å². The van der Waals surface area contributed by atoms with Gasteiger partial charge in [-0.15, -0.1) is 0 Å². The molecule has 0 fully saturated rings. The van der Waals surface area contributed by atoms with Crippen LogP contribution in [0.5, 0.6) is 0 Å². The molecule has 0 amide bonds. The smallest absolute Gasteiger partial charge is 0.337 e. The van der Waals surface area contributed by atoms with Crippen molar-refractivity contribution in [3.63, 3.8) is 0 Å². The summed E-state index contributed by atoms with van der Waals surface area (Å²) in [7, 11) is 8.78. The molecule has 0 aliphatic rings. The second-order valence-electron chi connectivity index (χ2n) is 20.4. The molecule has 0 heterocycles. The van der Waals surface area contributed by atoms with Crippen molar-refractivity contribution in [2.24, 2.45) is 21.7 Å². The molecule has 4 aromatic carbocycles. The fourth-order valence-corrected chi connectivity index (χ4v) is 8.64. The third kappa shape index (κ3) is 19.2. The number of halogens is 4. The fraction of sp³-hybridized carbons (Fsp3) is 0.481. The normalized spacial score (nSPS) is 13.3. The van der Waals surface area contributed by atoms with E-state index < -0.39 is 24.1 Å². The molecule has 4 atom stereocenters. The summed E-state index contributed by atoms with van der Waals surface area (Å²) in [6, 6.07) is 20.9. The highest BCUT2D eigenvalue weighted by atomic mass is 79.9. The van der Waals surface area contributed by atoms with Gasteiger partial charge < -0.3 is 38.6 Å². The Balaban J connectivity index is 0.000000467. The Bertz CT molecular complexity index is 2210. The Morgan fingerprint density at radius 2 is 0.571 bits per heavy atom. The van der Waals surface area contributed by atoms with Crippen molar-refractivity contribution in [3.8, 4) is 0 Å². The van der Waals surface area contributed by atoms with Crippen molar-refractivity contribution in [3.05, 3.63) is 135 Å². The molecule has 0 aliphatic heterocycles. The first-order chi connectivity index (χ1) is 32.2. The number of ether oxygens (including phenoxy) is 6. The van der Waals surface area contributed by atoms with Gasteiger partial charge in [-0.1, -0.05) is 147 Å². The van der Waals surface area contributed by atoms with Crippen molar-refractivity contribution in [1.82, 2.24) is 0 Å². The van der Waals surface area contributed by atoms with Crippen molar-refractivity contribution >= 4 is 87.6 Å². The summed E-state index contributed by atoms with van der Waals surface area (Å²) in [5, 5.41) is 20.5. The van der Waals surface area contributed by atoms with Gasteiger partial charge in [0.15, 0.2) is 0 Å². The molecule has 0 aliphatic carbocycles. The number of hydrogen-bond acceptors (Lipinski definition) is 12. The summed E-state index contributed by atoms with van der Waals surface area (Å²) in [5.74, 6) is -1.49. The molecule has 0 radical (unpaired) electrons. The van der Waals surface area contributed by atoms with Gasteiger partial charge >= 0.3 is 23.9 Å². The molecular formula is C54H72Br4O12. The van der Waals surface area contributed by atoms with Crippen LogP contribution in [-0.2, 0) is 28.4 Å². The zero-order valence-electron chi connectivity index (χ0n) is 43.7. The van der Waals surface area contributed by atoms with Crippen LogP contribution < -0.4 is 0 Å². The first-order valence-electron chi connectivity index (χ1n) is 22.1. The van der Waals surface area contributed by atoms with E-state index in [1.165, 1.54) is 28.4 Å². The standard InChI is InChI=1S/2C14H19BrO3.2C13H17BrO3/c2*1-14(2,3)12(17-4)10-8-9(13(16)18-5)6-7-11(10)15;2*1-13(2,3)11(15)9-7-8(12(16)17-4)5-6-10(9)14/h2*6-8,12H,1-5H3;2*5-7,11,15H,1-4H3/t2*12-;2*11-/m1010/s1. The molecule has 70 heavy (non-hydrogen) atoms. The van der Waals surface area contributed by atoms with Gasteiger partial charge in [-0.05, 0) is 117 Å². The third-order valence-corrected chi connectivity index (χ3v) is 13.4. The van der Waals surface area contributed by atoms with E-state index in [1.54, 1.807) is 62.8 Å². The zero-order valence-corrected chi connectivity index (χ0v) is 50.1. The van der Waals surface area contributed by atoms with Gasteiger partial charge in [-0.25, -0.2) is 19.2 Å². The van der Waals surface area contributed by atoms with E-state index in [2.05, 4.69) is 115 Å². The lowest BCUT2D eigenvalue weighted by Crippen LogP contribution is -2.21. The average Bonchev–Trinajstić information content (AvgIpc) is 3.28. The summed E-state index contributed by atoms with van der Waals surface area (Å²) in [6.07, 6.45) is -1.50. The Hall–Kier alpha value is -3.48. The Morgan fingerprint density at radius 3 is 0.743 bits per heavy atom. The summed E-state index contributed by atoms with van der Waals surface area (Å²) < 4.78 is 33.4. The molecule has 4 aromatic rings. The molecule has 16 heteroatoms. The quantitative estimate of drug-likeness (QED) is 0.114. The number of carbonyl (C=O) groups excluding carboxylic acids is 4. The summed E-state index contributed by atoms with van der Waals surface area (Å²) in [4.78, 5) is 46.0. The number of benzene rings is 4. The van der Waals surface area contributed by atoms with Crippen LogP contribution in [0.3, 0.4) is 0 Å². The number of methoxy groups -OCH3 is 6. The van der Waals surface area contributed by atoms with E-state index in [4.69, 9.17) is 18.9 Å². The van der Waals surface area contributed by atoms with Gasteiger partial charge in [0.25, 0.3) is 0 Å². The van der Waals surface area contributed by atoms with Gasteiger partial charge in [0.2, 0.25) is 0 Å². The molecule has 0 unspecified atom stereocenters. The molecule has 0 aromatic heterocycles. The number of hydrogen-bond donors (Lipinski definition) is 2. The molecule has 12 nitrogen and oxygen atoms in total. The van der Waals surface area contributed by atoms with Gasteiger partial charge in [-0.3, -0.25) is 0 Å². The number of aliphatic hydroxyl groups is 2. The minimum Gasteiger partial charge on any atom is -0.465 e. The molecule has 0 spiro atoms. The third-order valence-electron chi connectivity index (χ3n) is 10.5. The fourth-order valence-electron chi connectivity index (χ4n) is 6.80. The molecule has 0 saturated carbocycles. The van der Waals surface area contributed by atoms with Gasteiger partial charge in [0, 0.05) is 32.1 Å². The van der Waals surface area contributed by atoms with Crippen LogP contribution in [0.2, 0.25) is 0 Å². The van der Waals surface area contributed by atoms with Crippen molar-refractivity contribution in [1.29, 1.82) is 0 Å². The maximum absolute atomic E-state index is 11.6. The number of rotatable bonds is 10. The molecule has 0 saturated heterocycles. The average molecular weight is 1230 g/mol. The van der Waals surface area contributed by atoms with E-state index in [-0.39, 0.29) is 45.8 Å². The van der Waals surface area contributed by atoms with Crippen LogP contribution in [0, 0.1) is 21.7 Å². The SMILES string of the molecule is COC(=O)c1ccc(Br)c([C@@H](O)C(C)(C)C)c1.COC(=O)c1ccc(Br)c([C@@H](OC)C(C)(C)C)c1.COC(=O)c1ccc(Br)c([C@H](O)C(C)(C)C)c1.COC(=O)c1ccc(Br)c([C@H](OC)C(C)(C)C)c1. The highest BCUT2D eigenvalue weighted by Crippen LogP contribution is 2.41. The summed E-state index contributed by atoms with van der Waals surface area (Å²) >= 11 is 13.8. The maximum atomic E-state index is 11.6. The summed E-state index contributed by atoms with van der Waals surface area (Å²) in [6.45, 7) is 24.2. The van der Waals surface area contributed by atoms with Crippen molar-refractivity contribution in [2.45, 2.75) is 108 Å². The van der Waals surface area contributed by atoms with Gasteiger partial charge in [0.1, 0.15) is 0 Å². The lowest BCUT2D eigenvalue weighted by molar-refractivity contribution is 0.0146. The maximum Gasteiger partial charge on any atom is 0.337 e. The van der Waals surface area contributed by atoms with Crippen molar-refractivity contribution in [2.75, 3.05) is 42.7 Å². The lowest BCUT2D eigenvalue weighted by Gasteiger charge is -2.30. The van der Waals surface area contributed by atoms with Crippen molar-refractivity contribution < 1.29 is 57.8 Å². The van der Waals surface area contributed by atoms with Crippen LogP contribution in [0.25, 0.3) is 0 Å². The number of aliphatic hydroxyl groups excluding tert-OH is 2. The van der Waals surface area contributed by atoms with Crippen LogP contribution in [0.1, 0.15) is 171 Å². The molecular weight excluding hydrogens is 1160 g/mol. The number of esters is 4. The van der Waals surface area contributed by atoms with Crippen LogP contribution >= 0.6 is 63.7 Å². The monoisotopic (exact) mass is 1230 g/mol. The van der Waals surface area contributed by atoms with Crippen LogP contribution in [0.15, 0.2) is 90.7 Å². The Morgan fingerprint density at radius 1 is 0.371 bits per heavy atom. The van der Waals surface area contributed by atoms with E-state index in [1.807, 2.05) is 65.8 Å². The topological polar surface area (TPSA) is 164 Å². The van der Waals surface area contributed by atoms with Gasteiger partial charge in [-0.2, -0.15) is 0 Å². The lowest BCUT2D eigenvalue weighted by atomic mass is 9.84.